The normalized spacial score (nSPS) is 12.8. The smallest absolute Gasteiger partial charge is 0.305 e. The number of carbonyl (C=O) groups excluding carboxylic acids is 2. The highest BCUT2D eigenvalue weighted by atomic mass is 16.5. The van der Waals surface area contributed by atoms with Crippen molar-refractivity contribution in [3.8, 4) is 0 Å². The maximum Gasteiger partial charge on any atom is 0.305 e. The summed E-state index contributed by atoms with van der Waals surface area (Å²) in [6.45, 7) is 4.88. The molecule has 0 spiro atoms. The van der Waals surface area contributed by atoms with Crippen molar-refractivity contribution in [2.45, 2.75) is 341 Å². The number of aliphatic hydroxyl groups excluding tert-OH is 2. The molecule has 0 aliphatic rings. The molecule has 6 heteroatoms. The summed E-state index contributed by atoms with van der Waals surface area (Å²) in [5, 5.41) is 23.1. The number of carbonyl (C=O) groups is 2. The third kappa shape index (κ3) is 55.2. The number of unbranched alkanes of at least 4 members (excludes halogenated alkanes) is 42. The first-order valence-corrected chi connectivity index (χ1v) is 30.8. The van der Waals surface area contributed by atoms with Crippen LogP contribution < -0.4 is 5.32 Å². The van der Waals surface area contributed by atoms with Gasteiger partial charge in [0.2, 0.25) is 5.91 Å². The molecule has 2 unspecified atom stereocenters. The summed E-state index contributed by atoms with van der Waals surface area (Å²) in [7, 11) is 0. The zero-order valence-corrected chi connectivity index (χ0v) is 46.3. The van der Waals surface area contributed by atoms with Gasteiger partial charge in [0.05, 0.1) is 25.4 Å². The van der Waals surface area contributed by atoms with E-state index in [-0.39, 0.29) is 18.5 Å². The lowest BCUT2D eigenvalue weighted by molar-refractivity contribution is -0.143. The molecule has 0 aliphatic heterocycles. The van der Waals surface area contributed by atoms with Crippen molar-refractivity contribution in [2.75, 3.05) is 13.2 Å². The molecule has 0 aromatic heterocycles. The second-order valence-electron chi connectivity index (χ2n) is 21.0. The SMILES string of the molecule is CCCCC/C=C\C/C=C\CCCCCCCC(=O)OCCCCCCCCCCCCCCCCCCCCCCCCC(=O)NC(CO)C(O)/C=C/CCCCCCCCCCCCCCC. The van der Waals surface area contributed by atoms with Gasteiger partial charge in [0.15, 0.2) is 0 Å². The van der Waals surface area contributed by atoms with Gasteiger partial charge in [-0.05, 0) is 64.2 Å². The van der Waals surface area contributed by atoms with Crippen LogP contribution >= 0.6 is 0 Å². The van der Waals surface area contributed by atoms with Crippen LogP contribution in [0.25, 0.3) is 0 Å². The zero-order chi connectivity index (χ0) is 50.0. The summed E-state index contributed by atoms with van der Waals surface area (Å²) >= 11 is 0. The van der Waals surface area contributed by atoms with E-state index < -0.39 is 12.1 Å². The summed E-state index contributed by atoms with van der Waals surface area (Å²) in [4.78, 5) is 24.5. The Morgan fingerprint density at radius 1 is 0.406 bits per heavy atom. The van der Waals surface area contributed by atoms with Gasteiger partial charge in [-0.15, -0.1) is 0 Å². The number of hydrogen-bond acceptors (Lipinski definition) is 5. The van der Waals surface area contributed by atoms with Crippen molar-refractivity contribution < 1.29 is 24.5 Å². The standard InChI is InChI=1S/C63H119NO5/c1-3-5-7-9-11-13-15-17-27-31-35-39-43-47-51-55-61(66)60(59-65)64-62(67)56-52-48-44-40-36-32-29-25-23-21-19-20-22-24-26-30-34-38-42-46-50-54-58-69-63(68)57-53-49-45-41-37-33-28-18-16-14-12-10-8-6-4-2/h12,14,18,28,51,55,60-61,65-66H,3-11,13,15-17,19-27,29-50,52-54,56-59H2,1-2H3,(H,64,67)/b14-12-,28-18-,55-51+. The Kier molecular flexibility index (Phi) is 57.0. The van der Waals surface area contributed by atoms with Crippen LogP contribution in [0.1, 0.15) is 328 Å². The van der Waals surface area contributed by atoms with E-state index in [0.717, 1.165) is 51.4 Å². The second-order valence-corrected chi connectivity index (χ2v) is 21.0. The van der Waals surface area contributed by atoms with Gasteiger partial charge < -0.3 is 20.3 Å². The van der Waals surface area contributed by atoms with Crippen molar-refractivity contribution in [3.63, 3.8) is 0 Å². The molecule has 69 heavy (non-hydrogen) atoms. The Balaban J connectivity index is 3.40. The predicted molar refractivity (Wildman–Crippen MR) is 301 cm³/mol. The molecule has 0 saturated carbocycles. The zero-order valence-electron chi connectivity index (χ0n) is 46.3. The van der Waals surface area contributed by atoms with Gasteiger partial charge in [-0.2, -0.15) is 0 Å². The summed E-state index contributed by atoms with van der Waals surface area (Å²) in [5.41, 5.74) is 0. The van der Waals surface area contributed by atoms with Crippen LogP contribution in [0, 0.1) is 0 Å². The summed E-state index contributed by atoms with van der Waals surface area (Å²) in [5.74, 6) is -0.0686. The third-order valence-corrected chi connectivity index (χ3v) is 14.2. The number of nitrogens with one attached hydrogen (secondary N) is 1. The molecule has 3 N–H and O–H groups in total. The first-order chi connectivity index (χ1) is 34.0. The minimum Gasteiger partial charge on any atom is -0.466 e. The molecule has 6 nitrogen and oxygen atoms in total. The maximum absolute atomic E-state index is 12.5. The molecular weight excluding hydrogens is 851 g/mol. The molecule has 0 bridgehead atoms. The van der Waals surface area contributed by atoms with Crippen LogP contribution in [-0.4, -0.2) is 47.4 Å². The highest BCUT2D eigenvalue weighted by molar-refractivity contribution is 5.76. The first-order valence-electron chi connectivity index (χ1n) is 30.8. The topological polar surface area (TPSA) is 95.9 Å². The summed E-state index contributed by atoms with van der Waals surface area (Å²) in [6.07, 6.45) is 73.2. The number of hydrogen-bond donors (Lipinski definition) is 3. The van der Waals surface area contributed by atoms with Gasteiger partial charge in [0.25, 0.3) is 0 Å². The Bertz CT molecular complexity index is 1120. The average molecular weight is 971 g/mol. The summed E-state index contributed by atoms with van der Waals surface area (Å²) in [6, 6.07) is -0.628. The molecule has 0 saturated heterocycles. The van der Waals surface area contributed by atoms with E-state index in [9.17, 15) is 19.8 Å². The van der Waals surface area contributed by atoms with Gasteiger partial charge in [-0.3, -0.25) is 9.59 Å². The fourth-order valence-electron chi connectivity index (χ4n) is 9.43. The van der Waals surface area contributed by atoms with E-state index in [2.05, 4.69) is 43.5 Å². The van der Waals surface area contributed by atoms with Gasteiger partial charge in [0, 0.05) is 12.8 Å². The molecule has 2 atom stereocenters. The van der Waals surface area contributed by atoms with E-state index in [1.54, 1.807) is 6.08 Å². The maximum atomic E-state index is 12.5. The third-order valence-electron chi connectivity index (χ3n) is 14.2. The van der Waals surface area contributed by atoms with Crippen LogP contribution in [0.2, 0.25) is 0 Å². The van der Waals surface area contributed by atoms with Gasteiger partial charge >= 0.3 is 5.97 Å². The molecule has 0 aliphatic carbocycles. The number of amides is 1. The lowest BCUT2D eigenvalue weighted by Gasteiger charge is -2.20. The van der Waals surface area contributed by atoms with E-state index in [4.69, 9.17) is 4.74 Å². The minimum absolute atomic E-state index is 0.00134. The predicted octanol–water partition coefficient (Wildman–Crippen LogP) is 19.2. The number of ether oxygens (including phenoxy) is 1. The van der Waals surface area contributed by atoms with E-state index in [1.807, 2.05) is 6.08 Å². The number of rotatable bonds is 57. The molecule has 0 aromatic rings. The quantitative estimate of drug-likeness (QED) is 0.0321. The fourth-order valence-corrected chi connectivity index (χ4v) is 9.43. The van der Waals surface area contributed by atoms with Crippen molar-refractivity contribution in [2.24, 2.45) is 0 Å². The second kappa shape index (κ2) is 58.6. The molecule has 0 radical (unpaired) electrons. The molecule has 1 amide bonds. The molecule has 0 rings (SSSR count). The Hall–Kier alpha value is -1.92. The Morgan fingerprint density at radius 2 is 0.725 bits per heavy atom. The molecule has 0 aromatic carbocycles. The highest BCUT2D eigenvalue weighted by Gasteiger charge is 2.18. The van der Waals surface area contributed by atoms with Crippen LogP contribution in [0.5, 0.6) is 0 Å². The fraction of sp³-hybridized carbons (Fsp3) is 0.873. The van der Waals surface area contributed by atoms with Crippen LogP contribution in [0.3, 0.4) is 0 Å². The Labute approximate surface area is 430 Å². The molecule has 0 fully saturated rings. The van der Waals surface area contributed by atoms with Crippen LogP contribution in [-0.2, 0) is 14.3 Å². The lowest BCUT2D eigenvalue weighted by atomic mass is 10.0. The number of allylic oxidation sites excluding steroid dienone is 5. The molecule has 406 valence electrons. The largest absolute Gasteiger partial charge is 0.466 e. The van der Waals surface area contributed by atoms with Gasteiger partial charge in [-0.25, -0.2) is 0 Å². The molecule has 0 heterocycles. The van der Waals surface area contributed by atoms with Crippen molar-refractivity contribution in [1.29, 1.82) is 0 Å². The monoisotopic (exact) mass is 970 g/mol. The Morgan fingerprint density at radius 3 is 1.13 bits per heavy atom. The first kappa shape index (κ1) is 67.1. The number of esters is 1. The van der Waals surface area contributed by atoms with E-state index in [1.165, 1.54) is 250 Å². The van der Waals surface area contributed by atoms with Gasteiger partial charge in [0.1, 0.15) is 0 Å². The van der Waals surface area contributed by atoms with E-state index in [0.29, 0.717) is 19.4 Å². The van der Waals surface area contributed by atoms with Crippen LogP contribution in [0.15, 0.2) is 36.5 Å². The van der Waals surface area contributed by atoms with Crippen molar-refractivity contribution in [1.82, 2.24) is 5.32 Å². The lowest BCUT2D eigenvalue weighted by Crippen LogP contribution is -2.45. The van der Waals surface area contributed by atoms with Gasteiger partial charge in [-0.1, -0.05) is 288 Å². The van der Waals surface area contributed by atoms with Crippen LogP contribution in [0.4, 0.5) is 0 Å². The van der Waals surface area contributed by atoms with Crippen molar-refractivity contribution >= 4 is 11.9 Å². The van der Waals surface area contributed by atoms with E-state index >= 15 is 0 Å². The minimum atomic E-state index is -0.845. The summed E-state index contributed by atoms with van der Waals surface area (Å²) < 4.78 is 5.48. The molecular formula is C63H119NO5. The highest BCUT2D eigenvalue weighted by Crippen LogP contribution is 2.17. The average Bonchev–Trinajstić information content (AvgIpc) is 3.35. The number of aliphatic hydroxyl groups is 2. The van der Waals surface area contributed by atoms with Crippen molar-refractivity contribution in [3.05, 3.63) is 36.5 Å².